The van der Waals surface area contributed by atoms with Crippen molar-refractivity contribution in [3.05, 3.63) is 106 Å². The number of ether oxygens (including phenoxy) is 1. The van der Waals surface area contributed by atoms with Crippen LogP contribution in [0.2, 0.25) is 0 Å². The first-order valence-electron chi connectivity index (χ1n) is 9.47. The molecule has 0 aliphatic carbocycles. The second kappa shape index (κ2) is 7.23. The number of benzene rings is 3. The molecule has 0 radical (unpaired) electrons. The van der Waals surface area contributed by atoms with Crippen molar-refractivity contribution in [1.29, 1.82) is 5.41 Å². The van der Waals surface area contributed by atoms with Gasteiger partial charge in [-0.1, -0.05) is 12.1 Å². The molecule has 160 valence electrons. The van der Waals surface area contributed by atoms with Crippen LogP contribution in [0, 0.1) is 28.7 Å². The van der Waals surface area contributed by atoms with Crippen molar-refractivity contribution in [2.24, 2.45) is 0 Å². The summed E-state index contributed by atoms with van der Waals surface area (Å²) in [6.07, 6.45) is 1.13. The number of nitrogens with two attached hydrogens (primary N) is 1. The molecule has 0 saturated heterocycles. The van der Waals surface area contributed by atoms with Crippen LogP contribution in [0.3, 0.4) is 0 Å². The Morgan fingerprint density at radius 2 is 1.69 bits per heavy atom. The van der Waals surface area contributed by atoms with Gasteiger partial charge in [0.05, 0.1) is 11.3 Å². The predicted octanol–water partition coefficient (Wildman–Crippen LogP) is 4.78. The standard InChI is InChI=1S/C23H14F4N4O/c24-12-4-5-17(15(26)7-12)31-10-30-23-21(22(31)29)19(11-2-1-3-14(28)6-11)20-16(27)8-13(25)9-18(20)32-23/h1-10,19,29H,28H2. The number of aromatic nitrogens is 2. The smallest absolute Gasteiger partial charge is 0.228 e. The first-order chi connectivity index (χ1) is 15.3. The Balaban J connectivity index is 1.82. The van der Waals surface area contributed by atoms with Crippen LogP contribution in [0.25, 0.3) is 5.69 Å². The van der Waals surface area contributed by atoms with E-state index in [2.05, 4.69) is 4.98 Å². The van der Waals surface area contributed by atoms with E-state index in [0.717, 1.165) is 29.1 Å². The molecule has 1 atom stereocenters. The highest BCUT2D eigenvalue weighted by Gasteiger charge is 2.35. The monoisotopic (exact) mass is 438 g/mol. The molecule has 3 aromatic carbocycles. The quantitative estimate of drug-likeness (QED) is 0.308. The summed E-state index contributed by atoms with van der Waals surface area (Å²) in [5.74, 6) is -4.46. The summed E-state index contributed by atoms with van der Waals surface area (Å²) in [7, 11) is 0. The number of halogens is 4. The highest BCUT2D eigenvalue weighted by Crippen LogP contribution is 2.46. The number of nitrogens with zero attached hydrogens (tertiary/aromatic N) is 2. The van der Waals surface area contributed by atoms with Crippen molar-refractivity contribution in [2.75, 3.05) is 5.73 Å². The van der Waals surface area contributed by atoms with Gasteiger partial charge in [0.2, 0.25) is 5.88 Å². The molecule has 1 aliphatic rings. The fourth-order valence-electron chi connectivity index (χ4n) is 3.92. The lowest BCUT2D eigenvalue weighted by Crippen LogP contribution is -2.30. The minimum Gasteiger partial charge on any atom is -0.438 e. The average Bonchev–Trinajstić information content (AvgIpc) is 2.73. The first kappa shape index (κ1) is 19.8. The van der Waals surface area contributed by atoms with Crippen molar-refractivity contribution in [3.8, 4) is 17.3 Å². The second-order valence-electron chi connectivity index (χ2n) is 7.28. The van der Waals surface area contributed by atoms with Gasteiger partial charge in [-0.25, -0.2) is 22.5 Å². The summed E-state index contributed by atoms with van der Waals surface area (Å²) in [5.41, 5.74) is 6.57. The van der Waals surface area contributed by atoms with E-state index >= 15 is 0 Å². The molecule has 5 rings (SSSR count). The molecule has 1 aromatic heterocycles. The molecule has 32 heavy (non-hydrogen) atoms. The van der Waals surface area contributed by atoms with Crippen LogP contribution in [0.1, 0.15) is 22.6 Å². The Kier molecular flexibility index (Phi) is 4.47. The molecule has 2 heterocycles. The molecular weight excluding hydrogens is 424 g/mol. The highest BCUT2D eigenvalue weighted by molar-refractivity contribution is 5.58. The van der Waals surface area contributed by atoms with E-state index in [-0.39, 0.29) is 33.9 Å². The Hall–Kier alpha value is -4.14. The average molecular weight is 438 g/mol. The van der Waals surface area contributed by atoms with Gasteiger partial charge in [-0.2, -0.15) is 0 Å². The molecule has 0 spiro atoms. The van der Waals surface area contributed by atoms with Gasteiger partial charge in [0.25, 0.3) is 0 Å². The van der Waals surface area contributed by atoms with Crippen LogP contribution >= 0.6 is 0 Å². The zero-order valence-electron chi connectivity index (χ0n) is 16.2. The lowest BCUT2D eigenvalue weighted by Gasteiger charge is -2.29. The predicted molar refractivity (Wildman–Crippen MR) is 108 cm³/mol. The van der Waals surface area contributed by atoms with E-state index in [4.69, 9.17) is 15.9 Å². The number of rotatable bonds is 2. The SMILES string of the molecule is N=c1c2c(ncn1-c1ccc(F)cc1F)Oc1cc(F)cc(F)c1C2c1cccc(N)c1. The van der Waals surface area contributed by atoms with Gasteiger partial charge in [0.1, 0.15) is 40.8 Å². The number of anilines is 1. The summed E-state index contributed by atoms with van der Waals surface area (Å²) < 4.78 is 63.4. The van der Waals surface area contributed by atoms with Crippen LogP contribution in [-0.2, 0) is 0 Å². The number of hydrogen-bond donors (Lipinski definition) is 2. The minimum absolute atomic E-state index is 0.00266. The molecule has 0 saturated carbocycles. The Labute approximate surface area is 178 Å². The fraction of sp³-hybridized carbons (Fsp3) is 0.0435. The van der Waals surface area contributed by atoms with Gasteiger partial charge in [-0.05, 0) is 29.8 Å². The van der Waals surface area contributed by atoms with Crippen molar-refractivity contribution in [1.82, 2.24) is 9.55 Å². The molecule has 3 N–H and O–H groups in total. The van der Waals surface area contributed by atoms with Gasteiger partial charge in [0, 0.05) is 35.4 Å². The van der Waals surface area contributed by atoms with E-state index in [1.54, 1.807) is 24.3 Å². The van der Waals surface area contributed by atoms with Crippen LogP contribution in [0.5, 0.6) is 11.6 Å². The van der Waals surface area contributed by atoms with Crippen LogP contribution in [0.15, 0.2) is 60.9 Å². The highest BCUT2D eigenvalue weighted by atomic mass is 19.1. The Morgan fingerprint density at radius 1 is 0.906 bits per heavy atom. The van der Waals surface area contributed by atoms with E-state index in [1.807, 2.05) is 0 Å². The first-order valence-corrected chi connectivity index (χ1v) is 9.47. The maximum atomic E-state index is 15.0. The molecule has 5 nitrogen and oxygen atoms in total. The fourth-order valence-corrected chi connectivity index (χ4v) is 3.92. The van der Waals surface area contributed by atoms with Crippen molar-refractivity contribution < 1.29 is 22.3 Å². The largest absolute Gasteiger partial charge is 0.438 e. The summed E-state index contributed by atoms with van der Waals surface area (Å²) >= 11 is 0. The summed E-state index contributed by atoms with van der Waals surface area (Å²) in [4.78, 5) is 4.16. The molecule has 0 amide bonds. The zero-order chi connectivity index (χ0) is 22.6. The maximum absolute atomic E-state index is 15.0. The number of nitrogens with one attached hydrogen (secondary N) is 1. The summed E-state index contributed by atoms with van der Waals surface area (Å²) in [5, 5.41) is 8.75. The van der Waals surface area contributed by atoms with Gasteiger partial charge in [-0.15, -0.1) is 0 Å². The van der Waals surface area contributed by atoms with Gasteiger partial charge >= 0.3 is 0 Å². The van der Waals surface area contributed by atoms with E-state index in [0.29, 0.717) is 17.3 Å². The third-order valence-electron chi connectivity index (χ3n) is 5.27. The topological polar surface area (TPSA) is 76.9 Å². The van der Waals surface area contributed by atoms with E-state index in [1.165, 1.54) is 6.07 Å². The van der Waals surface area contributed by atoms with Gasteiger partial charge in [-0.3, -0.25) is 9.98 Å². The molecular formula is C23H14F4N4O. The normalized spacial score (nSPS) is 14.4. The minimum atomic E-state index is -0.936. The van der Waals surface area contributed by atoms with Crippen LogP contribution in [-0.4, -0.2) is 9.55 Å². The van der Waals surface area contributed by atoms with Gasteiger partial charge < -0.3 is 10.5 Å². The summed E-state index contributed by atoms with van der Waals surface area (Å²) in [6.45, 7) is 0. The number of fused-ring (bicyclic) bond motifs is 2. The number of nitrogen functional groups attached to an aromatic ring is 1. The van der Waals surface area contributed by atoms with Crippen molar-refractivity contribution in [2.45, 2.75) is 5.92 Å². The van der Waals surface area contributed by atoms with Crippen molar-refractivity contribution in [3.63, 3.8) is 0 Å². The number of hydrogen-bond acceptors (Lipinski definition) is 4. The van der Waals surface area contributed by atoms with Crippen LogP contribution in [0.4, 0.5) is 23.2 Å². The lowest BCUT2D eigenvalue weighted by molar-refractivity contribution is 0.411. The molecule has 9 heteroatoms. The molecule has 1 aliphatic heterocycles. The Morgan fingerprint density at radius 3 is 2.44 bits per heavy atom. The molecule has 1 unspecified atom stereocenters. The van der Waals surface area contributed by atoms with Gasteiger partial charge in [0.15, 0.2) is 0 Å². The molecule has 4 aromatic rings. The van der Waals surface area contributed by atoms with Crippen LogP contribution < -0.4 is 16.0 Å². The third-order valence-corrected chi connectivity index (χ3v) is 5.27. The second-order valence-corrected chi connectivity index (χ2v) is 7.28. The zero-order valence-corrected chi connectivity index (χ0v) is 16.2. The maximum Gasteiger partial charge on any atom is 0.228 e. The third kappa shape index (κ3) is 3.09. The van der Waals surface area contributed by atoms with E-state index < -0.39 is 29.2 Å². The van der Waals surface area contributed by atoms with Crippen molar-refractivity contribution >= 4 is 5.69 Å². The lowest BCUT2D eigenvalue weighted by atomic mass is 9.83. The van der Waals surface area contributed by atoms with E-state index in [9.17, 15) is 17.6 Å². The molecule has 0 bridgehead atoms. The Bertz CT molecular complexity index is 1450. The molecule has 0 fully saturated rings. The summed E-state index contributed by atoms with van der Waals surface area (Å²) in [6, 6.07) is 11.2.